The van der Waals surface area contributed by atoms with Crippen LogP contribution < -0.4 is 4.90 Å². The minimum Gasteiger partial charge on any atom is -0.480 e. The van der Waals surface area contributed by atoms with Crippen molar-refractivity contribution in [1.82, 2.24) is 9.88 Å². The summed E-state index contributed by atoms with van der Waals surface area (Å²) in [6, 6.07) is 10.9. The molecule has 3 rings (SSSR count). The van der Waals surface area contributed by atoms with E-state index < -0.39 is 5.97 Å². The molecule has 1 aromatic heterocycles. The molecule has 1 unspecified atom stereocenters. The Morgan fingerprint density at radius 1 is 1.32 bits per heavy atom. The molecule has 1 aliphatic heterocycles. The topological polar surface area (TPSA) is 56.7 Å². The van der Waals surface area contributed by atoms with Crippen molar-refractivity contribution in [2.75, 3.05) is 31.6 Å². The zero-order valence-corrected chi connectivity index (χ0v) is 15.1. The molecule has 0 spiro atoms. The highest BCUT2D eigenvalue weighted by Gasteiger charge is 2.23. The van der Waals surface area contributed by atoms with Gasteiger partial charge in [-0.25, -0.2) is 0 Å². The highest BCUT2D eigenvalue weighted by molar-refractivity contribution is 5.92. The lowest BCUT2D eigenvalue weighted by Gasteiger charge is -2.27. The highest BCUT2D eigenvalue weighted by atomic mass is 16.4. The van der Waals surface area contributed by atoms with E-state index in [0.29, 0.717) is 6.04 Å². The summed E-state index contributed by atoms with van der Waals surface area (Å²) in [5, 5.41) is 10.2. The number of rotatable bonds is 5. The zero-order valence-electron chi connectivity index (χ0n) is 15.1. The second kappa shape index (κ2) is 7.83. The first kappa shape index (κ1) is 17.7. The Bertz CT molecular complexity index is 747. The largest absolute Gasteiger partial charge is 0.480 e. The second-order valence-corrected chi connectivity index (χ2v) is 6.88. The van der Waals surface area contributed by atoms with Gasteiger partial charge in [0.1, 0.15) is 0 Å². The van der Waals surface area contributed by atoms with Crippen molar-refractivity contribution in [3.8, 4) is 0 Å². The van der Waals surface area contributed by atoms with E-state index in [-0.39, 0.29) is 6.54 Å². The average molecular weight is 341 g/mol. The maximum absolute atomic E-state index is 11.0. The maximum Gasteiger partial charge on any atom is 0.317 e. The summed E-state index contributed by atoms with van der Waals surface area (Å²) in [4.78, 5) is 20.2. The van der Waals surface area contributed by atoms with Gasteiger partial charge in [-0.2, -0.15) is 0 Å². The van der Waals surface area contributed by atoms with E-state index in [9.17, 15) is 4.79 Å². The van der Waals surface area contributed by atoms with Gasteiger partial charge in [-0.15, -0.1) is 0 Å². The number of benzene rings is 1. The van der Waals surface area contributed by atoms with Gasteiger partial charge in [0, 0.05) is 35.9 Å². The molecule has 1 fully saturated rings. The Morgan fingerprint density at radius 3 is 2.88 bits per heavy atom. The summed E-state index contributed by atoms with van der Waals surface area (Å²) in [6.07, 6.45) is 4.04. The molecule has 0 radical (unpaired) electrons. The molecule has 0 aliphatic carbocycles. The number of para-hydroxylation sites is 1. The van der Waals surface area contributed by atoms with Crippen LogP contribution in [-0.2, 0) is 11.2 Å². The van der Waals surface area contributed by atoms with Gasteiger partial charge in [0.15, 0.2) is 0 Å². The van der Waals surface area contributed by atoms with Crippen molar-refractivity contribution < 1.29 is 9.90 Å². The van der Waals surface area contributed by atoms with Crippen LogP contribution in [0.15, 0.2) is 30.3 Å². The Balaban J connectivity index is 1.83. The fourth-order valence-corrected chi connectivity index (χ4v) is 3.76. The number of nitrogens with zero attached hydrogens (tertiary/aromatic N) is 3. The van der Waals surface area contributed by atoms with E-state index in [1.807, 2.05) is 18.0 Å². The van der Waals surface area contributed by atoms with Crippen molar-refractivity contribution in [2.24, 2.45) is 0 Å². The lowest BCUT2D eigenvalue weighted by molar-refractivity contribution is -0.138. The molecule has 134 valence electrons. The number of carbonyl (C=O) groups is 1. The van der Waals surface area contributed by atoms with E-state index in [1.54, 1.807) is 0 Å². The minimum atomic E-state index is -0.753. The summed E-state index contributed by atoms with van der Waals surface area (Å²) < 4.78 is 0. The van der Waals surface area contributed by atoms with Crippen LogP contribution in [0.25, 0.3) is 10.9 Å². The van der Waals surface area contributed by atoms with Crippen LogP contribution >= 0.6 is 0 Å². The average Bonchev–Trinajstić information content (AvgIpc) is 2.86. The molecule has 2 heterocycles. The van der Waals surface area contributed by atoms with E-state index in [2.05, 4.69) is 36.1 Å². The number of likely N-dealkylation sites (N-methyl/N-ethyl adjacent to an activating group) is 1. The number of carboxylic acid groups (broad SMARTS) is 1. The van der Waals surface area contributed by atoms with Crippen LogP contribution in [0, 0.1) is 0 Å². The van der Waals surface area contributed by atoms with E-state index in [1.165, 1.54) is 11.1 Å². The van der Waals surface area contributed by atoms with Crippen LogP contribution in [0.4, 0.5) is 5.69 Å². The van der Waals surface area contributed by atoms with Crippen molar-refractivity contribution in [3.63, 3.8) is 0 Å². The third kappa shape index (κ3) is 4.10. The van der Waals surface area contributed by atoms with Gasteiger partial charge in [0.05, 0.1) is 12.1 Å². The predicted molar refractivity (Wildman–Crippen MR) is 101 cm³/mol. The van der Waals surface area contributed by atoms with Crippen molar-refractivity contribution >= 4 is 22.6 Å². The summed E-state index contributed by atoms with van der Waals surface area (Å²) >= 11 is 0. The number of aryl methyl sites for hydroxylation is 1. The summed E-state index contributed by atoms with van der Waals surface area (Å²) in [5.41, 5.74) is 3.45. The standard InChI is InChI=1S/C20H27N3O2/c1-3-15-13-19(17-8-4-5-9-18(17)21-15)23-11-6-7-16(10-12-23)22(2)14-20(24)25/h4-5,8-9,13,16H,3,6-7,10-12,14H2,1-2H3,(H,24,25). The van der Waals surface area contributed by atoms with Crippen molar-refractivity contribution in [3.05, 3.63) is 36.0 Å². The first-order valence-electron chi connectivity index (χ1n) is 9.14. The smallest absolute Gasteiger partial charge is 0.317 e. The third-order valence-electron chi connectivity index (χ3n) is 5.16. The molecule has 1 atom stereocenters. The van der Waals surface area contributed by atoms with Crippen LogP contribution in [0.3, 0.4) is 0 Å². The lowest BCUT2D eigenvalue weighted by Crippen LogP contribution is -2.36. The number of anilines is 1. The zero-order chi connectivity index (χ0) is 17.8. The monoisotopic (exact) mass is 341 g/mol. The third-order valence-corrected chi connectivity index (χ3v) is 5.16. The number of hydrogen-bond donors (Lipinski definition) is 1. The molecule has 1 aromatic carbocycles. The number of pyridine rings is 1. The second-order valence-electron chi connectivity index (χ2n) is 6.88. The molecule has 5 nitrogen and oxygen atoms in total. The fourth-order valence-electron chi connectivity index (χ4n) is 3.76. The Hall–Kier alpha value is -2.14. The molecule has 2 aromatic rings. The Morgan fingerprint density at radius 2 is 2.12 bits per heavy atom. The minimum absolute atomic E-state index is 0.114. The number of aliphatic carboxylic acids is 1. The van der Waals surface area contributed by atoms with Crippen molar-refractivity contribution in [1.29, 1.82) is 0 Å². The number of hydrogen-bond acceptors (Lipinski definition) is 4. The molecule has 1 saturated heterocycles. The van der Waals surface area contributed by atoms with Gasteiger partial charge in [-0.1, -0.05) is 25.1 Å². The fraction of sp³-hybridized carbons (Fsp3) is 0.500. The Kier molecular flexibility index (Phi) is 5.53. The Labute approximate surface area is 149 Å². The molecule has 0 amide bonds. The van der Waals surface area contributed by atoms with Crippen LogP contribution in [-0.4, -0.2) is 53.7 Å². The highest BCUT2D eigenvalue weighted by Crippen LogP contribution is 2.29. The summed E-state index contributed by atoms with van der Waals surface area (Å²) in [7, 11) is 1.92. The van der Waals surface area contributed by atoms with Gasteiger partial charge in [0.25, 0.3) is 0 Å². The maximum atomic E-state index is 11.0. The van der Waals surface area contributed by atoms with E-state index in [0.717, 1.165) is 50.0 Å². The molecule has 1 N–H and O–H groups in total. The molecule has 1 aliphatic rings. The van der Waals surface area contributed by atoms with Gasteiger partial charge >= 0.3 is 5.97 Å². The summed E-state index contributed by atoms with van der Waals surface area (Å²) in [5.74, 6) is -0.753. The summed E-state index contributed by atoms with van der Waals surface area (Å²) in [6.45, 7) is 4.21. The van der Waals surface area contributed by atoms with Crippen LogP contribution in [0.5, 0.6) is 0 Å². The molecule has 5 heteroatoms. The van der Waals surface area contributed by atoms with Crippen LogP contribution in [0.2, 0.25) is 0 Å². The van der Waals surface area contributed by atoms with E-state index >= 15 is 0 Å². The predicted octanol–water partition coefficient (Wildman–Crippen LogP) is 3.17. The van der Waals surface area contributed by atoms with E-state index in [4.69, 9.17) is 10.1 Å². The normalized spacial score (nSPS) is 18.5. The molecular weight excluding hydrogens is 314 g/mol. The van der Waals surface area contributed by atoms with Crippen molar-refractivity contribution in [2.45, 2.75) is 38.6 Å². The van der Waals surface area contributed by atoms with Gasteiger partial charge < -0.3 is 10.0 Å². The number of fused-ring (bicyclic) bond motifs is 1. The molecule has 0 bridgehead atoms. The lowest BCUT2D eigenvalue weighted by atomic mass is 10.1. The van der Waals surface area contributed by atoms with Gasteiger partial charge in [0.2, 0.25) is 0 Å². The van der Waals surface area contributed by atoms with Gasteiger partial charge in [-0.05, 0) is 44.9 Å². The number of aromatic nitrogens is 1. The van der Waals surface area contributed by atoms with Crippen LogP contribution in [0.1, 0.15) is 31.9 Å². The molecule has 0 saturated carbocycles. The quantitative estimate of drug-likeness (QED) is 0.905. The number of carboxylic acids is 1. The first-order valence-corrected chi connectivity index (χ1v) is 9.14. The SMILES string of the molecule is CCc1cc(N2CCCC(N(C)CC(=O)O)CC2)c2ccccc2n1. The van der Waals surface area contributed by atoms with Gasteiger partial charge in [-0.3, -0.25) is 14.7 Å². The molecular formula is C20H27N3O2. The molecule has 25 heavy (non-hydrogen) atoms. The first-order chi connectivity index (χ1) is 12.1.